The number of para-hydroxylation sites is 1. The molecule has 8 heteroatoms. The number of carbonyl (C=O) groups is 1. The van der Waals surface area contributed by atoms with Crippen LogP contribution in [0.2, 0.25) is 0 Å². The molecule has 0 unspecified atom stereocenters. The molecule has 29 heavy (non-hydrogen) atoms. The molecule has 0 saturated heterocycles. The lowest BCUT2D eigenvalue weighted by molar-refractivity contribution is -0.157. The number of hydrogen-bond acceptors (Lipinski definition) is 5. The number of carboxylic acids is 1. The van der Waals surface area contributed by atoms with Gasteiger partial charge < -0.3 is 19.7 Å². The number of benzene rings is 1. The van der Waals surface area contributed by atoms with Crippen LogP contribution in [0.5, 0.6) is 0 Å². The van der Waals surface area contributed by atoms with Gasteiger partial charge in [-0.15, -0.1) is 0 Å². The average molecular weight is 402 g/mol. The summed E-state index contributed by atoms with van der Waals surface area (Å²) in [5.74, 6) is -1.86. The number of carboxylic acid groups (broad SMARTS) is 1. The molecule has 0 saturated carbocycles. The van der Waals surface area contributed by atoms with Crippen molar-refractivity contribution in [2.45, 2.75) is 38.4 Å². The van der Waals surface area contributed by atoms with Crippen LogP contribution in [0.3, 0.4) is 0 Å². The molecule has 1 aromatic heterocycles. The predicted octanol–water partition coefficient (Wildman–Crippen LogP) is 2.07. The molecule has 0 amide bonds. The molecule has 0 spiro atoms. The third-order valence-electron chi connectivity index (χ3n) is 5.09. The number of ether oxygens (including phenoxy) is 2. The maximum atomic E-state index is 13.2. The minimum Gasteiger partial charge on any atom is -0.475 e. The van der Waals surface area contributed by atoms with E-state index in [1.165, 1.54) is 6.08 Å². The first-order valence-electron chi connectivity index (χ1n) is 9.62. The van der Waals surface area contributed by atoms with Gasteiger partial charge in [-0.3, -0.25) is 9.48 Å². The number of aliphatic carboxylic acids is 1. The van der Waals surface area contributed by atoms with Crippen LogP contribution in [0.25, 0.3) is 5.69 Å². The van der Waals surface area contributed by atoms with Gasteiger partial charge in [-0.1, -0.05) is 18.2 Å². The molecule has 2 heterocycles. The van der Waals surface area contributed by atoms with Crippen LogP contribution in [0.4, 0.5) is 0 Å². The number of aromatic nitrogens is 2. The zero-order valence-electron chi connectivity index (χ0n) is 16.6. The van der Waals surface area contributed by atoms with Gasteiger partial charge in [0, 0.05) is 37.3 Å². The highest BCUT2D eigenvalue weighted by Gasteiger charge is 2.32. The number of unbranched alkanes of at least 4 members (excludes halogenated alkanes) is 1. The molecule has 8 nitrogen and oxygen atoms in total. The van der Waals surface area contributed by atoms with Crippen molar-refractivity contribution in [2.24, 2.45) is 7.05 Å². The number of aliphatic hydroxyl groups is 1. The lowest BCUT2D eigenvalue weighted by atomic mass is 9.93. The third kappa shape index (κ3) is 4.44. The molecule has 1 aliphatic heterocycles. The zero-order valence-corrected chi connectivity index (χ0v) is 16.6. The maximum absolute atomic E-state index is 13.2. The SMILES string of the molecule is Cc1c([C@@H]2C=C(C(=O)O)O[C@H](OCCCCO)C2)c(=O)n(-c2ccccc2)n1C. The molecule has 2 atom stereocenters. The Morgan fingerprint density at radius 3 is 2.66 bits per heavy atom. The van der Waals surface area contributed by atoms with Crippen LogP contribution in [-0.4, -0.2) is 45.0 Å². The monoisotopic (exact) mass is 402 g/mol. The summed E-state index contributed by atoms with van der Waals surface area (Å²) in [6.07, 6.45) is 2.29. The van der Waals surface area contributed by atoms with Gasteiger partial charge in [0.25, 0.3) is 5.56 Å². The molecule has 1 aliphatic rings. The standard InChI is InChI=1S/C21H26N2O6/c1-14-19(20(25)23(22(14)2)16-8-4-3-5-9-16)15-12-17(21(26)27)29-18(13-15)28-11-7-6-10-24/h3-5,8-9,12,15,18,24H,6-7,10-11,13H2,1-2H3,(H,26,27)/t15-,18+/m1/s1. The fraction of sp³-hybridized carbons (Fsp3) is 0.429. The summed E-state index contributed by atoms with van der Waals surface area (Å²) in [4.78, 5) is 24.8. The van der Waals surface area contributed by atoms with Crippen LogP contribution >= 0.6 is 0 Å². The van der Waals surface area contributed by atoms with Crippen LogP contribution in [0, 0.1) is 6.92 Å². The van der Waals surface area contributed by atoms with Gasteiger partial charge in [0.05, 0.1) is 12.3 Å². The summed E-state index contributed by atoms with van der Waals surface area (Å²) in [7, 11) is 1.80. The van der Waals surface area contributed by atoms with Crippen molar-refractivity contribution < 1.29 is 24.5 Å². The van der Waals surface area contributed by atoms with Crippen molar-refractivity contribution in [3.05, 3.63) is 63.8 Å². The van der Waals surface area contributed by atoms with E-state index in [1.54, 1.807) is 16.4 Å². The van der Waals surface area contributed by atoms with Crippen LogP contribution in [-0.2, 0) is 21.3 Å². The highest BCUT2D eigenvalue weighted by Crippen LogP contribution is 2.32. The molecule has 3 rings (SSSR count). The minimum atomic E-state index is -1.20. The van der Waals surface area contributed by atoms with E-state index in [9.17, 15) is 14.7 Å². The minimum absolute atomic E-state index is 0.0695. The summed E-state index contributed by atoms with van der Waals surface area (Å²) in [6, 6.07) is 9.29. The first-order chi connectivity index (χ1) is 13.9. The molecule has 0 aliphatic carbocycles. The third-order valence-corrected chi connectivity index (χ3v) is 5.09. The summed E-state index contributed by atoms with van der Waals surface area (Å²) in [5.41, 5.74) is 1.83. The first-order valence-corrected chi connectivity index (χ1v) is 9.62. The first kappa shape index (κ1) is 20.9. The fourth-order valence-corrected chi connectivity index (χ4v) is 3.56. The van der Waals surface area contributed by atoms with Crippen molar-refractivity contribution in [1.82, 2.24) is 9.36 Å². The van der Waals surface area contributed by atoms with Crippen LogP contribution in [0.15, 0.2) is 47.0 Å². The molecule has 1 aromatic carbocycles. The fourth-order valence-electron chi connectivity index (χ4n) is 3.56. The molecule has 2 N–H and O–H groups in total. The van der Waals surface area contributed by atoms with Gasteiger partial charge in [0.1, 0.15) is 0 Å². The van der Waals surface area contributed by atoms with E-state index in [4.69, 9.17) is 14.6 Å². The molecular formula is C21H26N2O6. The van der Waals surface area contributed by atoms with Gasteiger partial charge in [0.2, 0.25) is 12.0 Å². The molecular weight excluding hydrogens is 376 g/mol. The Labute approximate surface area is 168 Å². The van der Waals surface area contributed by atoms with E-state index in [0.717, 1.165) is 11.4 Å². The van der Waals surface area contributed by atoms with Crippen LogP contribution < -0.4 is 5.56 Å². The summed E-state index contributed by atoms with van der Waals surface area (Å²) in [6.45, 7) is 2.25. The second-order valence-electron chi connectivity index (χ2n) is 7.00. The average Bonchev–Trinajstić information content (AvgIpc) is 2.94. The number of hydrogen-bond donors (Lipinski definition) is 2. The Bertz CT molecular complexity index is 944. The van der Waals surface area contributed by atoms with Crippen molar-refractivity contribution in [2.75, 3.05) is 13.2 Å². The second kappa shape index (κ2) is 9.11. The number of allylic oxidation sites excluding steroid dienone is 1. The summed E-state index contributed by atoms with van der Waals surface area (Å²) >= 11 is 0. The van der Waals surface area contributed by atoms with Gasteiger partial charge >= 0.3 is 5.97 Å². The Morgan fingerprint density at radius 1 is 1.28 bits per heavy atom. The molecule has 0 bridgehead atoms. The van der Waals surface area contributed by atoms with Gasteiger partial charge in [0.15, 0.2) is 0 Å². The van der Waals surface area contributed by atoms with Gasteiger partial charge in [-0.25, -0.2) is 9.48 Å². The van der Waals surface area contributed by atoms with Crippen molar-refractivity contribution in [3.8, 4) is 5.69 Å². The highest BCUT2D eigenvalue weighted by atomic mass is 16.7. The quantitative estimate of drug-likeness (QED) is 0.656. The summed E-state index contributed by atoms with van der Waals surface area (Å²) < 4.78 is 14.5. The topological polar surface area (TPSA) is 103 Å². The van der Waals surface area contributed by atoms with E-state index < -0.39 is 18.2 Å². The Kier molecular flexibility index (Phi) is 6.56. The van der Waals surface area contributed by atoms with Crippen LogP contribution in [0.1, 0.15) is 36.4 Å². The Balaban J connectivity index is 1.95. The predicted molar refractivity (Wildman–Crippen MR) is 106 cm³/mol. The van der Waals surface area contributed by atoms with E-state index >= 15 is 0 Å². The number of rotatable bonds is 8. The molecule has 0 fully saturated rings. The highest BCUT2D eigenvalue weighted by molar-refractivity contribution is 5.84. The second-order valence-corrected chi connectivity index (χ2v) is 7.00. The maximum Gasteiger partial charge on any atom is 0.370 e. The lowest BCUT2D eigenvalue weighted by Gasteiger charge is -2.27. The van der Waals surface area contributed by atoms with Crippen molar-refractivity contribution in [3.63, 3.8) is 0 Å². The van der Waals surface area contributed by atoms with E-state index in [0.29, 0.717) is 31.4 Å². The van der Waals surface area contributed by atoms with E-state index in [2.05, 4.69) is 0 Å². The molecule has 0 radical (unpaired) electrons. The number of nitrogens with zero attached hydrogens (tertiary/aromatic N) is 2. The van der Waals surface area contributed by atoms with E-state index in [-0.39, 0.29) is 17.9 Å². The molecule has 2 aromatic rings. The zero-order chi connectivity index (χ0) is 21.0. The summed E-state index contributed by atoms with van der Waals surface area (Å²) in [5, 5.41) is 18.3. The lowest BCUT2D eigenvalue weighted by Crippen LogP contribution is -2.29. The number of aliphatic hydroxyl groups excluding tert-OH is 1. The molecule has 156 valence electrons. The van der Waals surface area contributed by atoms with E-state index in [1.807, 2.05) is 37.3 Å². The normalized spacial score (nSPS) is 18.9. The van der Waals surface area contributed by atoms with Gasteiger partial charge in [-0.05, 0) is 38.0 Å². The van der Waals surface area contributed by atoms with Crippen molar-refractivity contribution in [1.29, 1.82) is 0 Å². The largest absolute Gasteiger partial charge is 0.475 e. The van der Waals surface area contributed by atoms with Crippen molar-refractivity contribution >= 4 is 5.97 Å². The van der Waals surface area contributed by atoms with Gasteiger partial charge in [-0.2, -0.15) is 0 Å². The smallest absolute Gasteiger partial charge is 0.370 e. The Hall–Kier alpha value is -2.84. The Morgan fingerprint density at radius 2 is 2.00 bits per heavy atom.